The topological polar surface area (TPSA) is 71.5 Å². The number of aliphatic hydroxyl groups is 1. The van der Waals surface area contributed by atoms with Gasteiger partial charge in [0.05, 0.1) is 6.10 Å². The molecule has 1 aromatic heterocycles. The fourth-order valence-electron chi connectivity index (χ4n) is 1.31. The molecule has 1 aromatic rings. The Kier molecular flexibility index (Phi) is 6.14. The molecule has 0 aliphatic heterocycles. The first-order chi connectivity index (χ1) is 9.00. The van der Waals surface area contributed by atoms with Crippen molar-refractivity contribution in [2.45, 2.75) is 25.9 Å². The lowest BCUT2D eigenvalue weighted by Crippen LogP contribution is -2.27. The molecule has 0 saturated carbocycles. The van der Waals surface area contributed by atoms with Crippen LogP contribution >= 0.6 is 0 Å². The number of amides is 1. The Morgan fingerprint density at radius 1 is 1.58 bits per heavy atom. The van der Waals surface area contributed by atoms with Crippen LogP contribution in [-0.4, -0.2) is 41.7 Å². The van der Waals surface area contributed by atoms with Gasteiger partial charge in [-0.15, -0.1) is 0 Å². The molecular weight excluding hydrogens is 258 g/mol. The van der Waals surface area contributed by atoms with Gasteiger partial charge in [-0.3, -0.25) is 4.79 Å². The fourth-order valence-corrected chi connectivity index (χ4v) is 1.31. The average molecular weight is 274 g/mol. The molecule has 0 aliphatic rings. The SMILES string of the molecule is CC(O)CCNC(=O)c1cccnc1OCC(F)F. The molecule has 0 aliphatic carbocycles. The van der Waals surface area contributed by atoms with Crippen LogP contribution in [0.4, 0.5) is 8.78 Å². The summed E-state index contributed by atoms with van der Waals surface area (Å²) in [5.41, 5.74) is 0.0914. The standard InChI is InChI=1S/C12H16F2N2O3/c1-8(17)4-6-15-11(18)9-3-2-5-16-12(9)19-7-10(13)14/h2-3,5,8,10,17H,4,6-7H2,1H3,(H,15,18). The molecule has 0 fully saturated rings. The predicted octanol–water partition coefficient (Wildman–Crippen LogP) is 1.23. The second-order valence-corrected chi connectivity index (χ2v) is 3.95. The number of carbonyl (C=O) groups is 1. The Morgan fingerprint density at radius 2 is 2.32 bits per heavy atom. The van der Waals surface area contributed by atoms with Gasteiger partial charge < -0.3 is 15.2 Å². The zero-order valence-electron chi connectivity index (χ0n) is 10.5. The second kappa shape index (κ2) is 7.63. The third-order valence-electron chi connectivity index (χ3n) is 2.21. The fraction of sp³-hybridized carbons (Fsp3) is 0.500. The van der Waals surface area contributed by atoms with Crippen LogP contribution in [0.5, 0.6) is 5.88 Å². The highest BCUT2D eigenvalue weighted by atomic mass is 19.3. The van der Waals surface area contributed by atoms with Crippen molar-refractivity contribution in [2.75, 3.05) is 13.2 Å². The van der Waals surface area contributed by atoms with Gasteiger partial charge in [-0.2, -0.15) is 0 Å². The summed E-state index contributed by atoms with van der Waals surface area (Å²) in [5, 5.41) is 11.6. The Bertz CT molecular complexity index is 414. The van der Waals surface area contributed by atoms with Gasteiger partial charge in [-0.25, -0.2) is 13.8 Å². The molecule has 5 nitrogen and oxygen atoms in total. The van der Waals surface area contributed by atoms with E-state index in [4.69, 9.17) is 9.84 Å². The monoisotopic (exact) mass is 274 g/mol. The highest BCUT2D eigenvalue weighted by molar-refractivity contribution is 5.96. The molecule has 2 N–H and O–H groups in total. The molecule has 1 heterocycles. The first-order valence-electron chi connectivity index (χ1n) is 5.83. The van der Waals surface area contributed by atoms with E-state index in [-0.39, 0.29) is 18.0 Å². The molecule has 106 valence electrons. The highest BCUT2D eigenvalue weighted by Gasteiger charge is 2.14. The van der Waals surface area contributed by atoms with Crippen LogP contribution in [-0.2, 0) is 0 Å². The van der Waals surface area contributed by atoms with Crippen molar-refractivity contribution in [3.05, 3.63) is 23.9 Å². The van der Waals surface area contributed by atoms with Gasteiger partial charge in [0.2, 0.25) is 5.88 Å². The number of rotatable bonds is 7. The van der Waals surface area contributed by atoms with Crippen molar-refractivity contribution in [2.24, 2.45) is 0 Å². The van der Waals surface area contributed by atoms with Crippen LogP contribution in [0.2, 0.25) is 0 Å². The molecule has 0 saturated heterocycles. The van der Waals surface area contributed by atoms with E-state index in [2.05, 4.69) is 10.3 Å². The number of alkyl halides is 2. The molecule has 0 radical (unpaired) electrons. The van der Waals surface area contributed by atoms with Crippen molar-refractivity contribution in [1.82, 2.24) is 10.3 Å². The van der Waals surface area contributed by atoms with E-state index in [1.54, 1.807) is 6.92 Å². The van der Waals surface area contributed by atoms with E-state index in [1.807, 2.05) is 0 Å². The Labute approximate surface area is 109 Å². The minimum Gasteiger partial charge on any atom is -0.471 e. The van der Waals surface area contributed by atoms with Crippen LogP contribution in [0.15, 0.2) is 18.3 Å². The van der Waals surface area contributed by atoms with Crippen LogP contribution in [0.3, 0.4) is 0 Å². The summed E-state index contributed by atoms with van der Waals surface area (Å²) in [4.78, 5) is 15.5. The minimum atomic E-state index is -2.63. The summed E-state index contributed by atoms with van der Waals surface area (Å²) in [6, 6.07) is 2.95. The number of nitrogens with one attached hydrogen (secondary N) is 1. The second-order valence-electron chi connectivity index (χ2n) is 3.95. The first kappa shape index (κ1) is 15.3. The summed E-state index contributed by atoms with van der Waals surface area (Å²) < 4.78 is 28.9. The van der Waals surface area contributed by atoms with E-state index in [1.165, 1.54) is 18.3 Å². The number of aliphatic hydroxyl groups excluding tert-OH is 1. The number of aromatic nitrogens is 1. The molecule has 0 aromatic carbocycles. The van der Waals surface area contributed by atoms with Crippen LogP contribution < -0.4 is 10.1 Å². The normalized spacial score (nSPS) is 12.3. The van der Waals surface area contributed by atoms with Crippen molar-refractivity contribution in [1.29, 1.82) is 0 Å². The zero-order chi connectivity index (χ0) is 14.3. The third kappa shape index (κ3) is 5.60. The average Bonchev–Trinajstić information content (AvgIpc) is 2.36. The summed E-state index contributed by atoms with van der Waals surface area (Å²) in [7, 11) is 0. The minimum absolute atomic E-state index is 0.0914. The number of carbonyl (C=O) groups excluding carboxylic acids is 1. The molecule has 0 bridgehead atoms. The molecule has 1 rings (SSSR count). The van der Waals surface area contributed by atoms with Gasteiger partial charge in [0.15, 0.2) is 6.61 Å². The summed E-state index contributed by atoms with van der Waals surface area (Å²) in [5.74, 6) is -0.602. The number of nitrogens with zero attached hydrogens (tertiary/aromatic N) is 1. The number of hydrogen-bond donors (Lipinski definition) is 2. The smallest absolute Gasteiger partial charge is 0.272 e. The Morgan fingerprint density at radius 3 is 2.95 bits per heavy atom. The molecule has 19 heavy (non-hydrogen) atoms. The highest BCUT2D eigenvalue weighted by Crippen LogP contribution is 2.14. The van der Waals surface area contributed by atoms with Crippen LogP contribution in [0.25, 0.3) is 0 Å². The number of pyridine rings is 1. The van der Waals surface area contributed by atoms with E-state index >= 15 is 0 Å². The lowest BCUT2D eigenvalue weighted by atomic mass is 10.2. The van der Waals surface area contributed by atoms with Gasteiger partial charge in [-0.05, 0) is 25.5 Å². The molecule has 1 atom stereocenters. The quantitative estimate of drug-likeness (QED) is 0.784. The van der Waals surface area contributed by atoms with Gasteiger partial charge in [0.25, 0.3) is 12.3 Å². The first-order valence-corrected chi connectivity index (χ1v) is 5.83. The summed E-state index contributed by atoms with van der Waals surface area (Å²) in [6.45, 7) is 1.07. The lowest BCUT2D eigenvalue weighted by molar-refractivity contribution is 0.0771. The molecule has 0 spiro atoms. The molecule has 1 amide bonds. The lowest BCUT2D eigenvalue weighted by Gasteiger charge is -2.10. The van der Waals surface area contributed by atoms with E-state index < -0.39 is 25.0 Å². The van der Waals surface area contributed by atoms with Gasteiger partial charge >= 0.3 is 0 Å². The van der Waals surface area contributed by atoms with Crippen molar-refractivity contribution in [3.8, 4) is 5.88 Å². The summed E-state index contributed by atoms with van der Waals surface area (Å²) >= 11 is 0. The maximum absolute atomic E-state index is 12.1. The number of halogens is 2. The van der Waals surface area contributed by atoms with Gasteiger partial charge in [0.1, 0.15) is 5.56 Å². The molecule has 1 unspecified atom stereocenters. The van der Waals surface area contributed by atoms with Gasteiger partial charge in [0, 0.05) is 12.7 Å². The van der Waals surface area contributed by atoms with E-state index in [9.17, 15) is 13.6 Å². The predicted molar refractivity (Wildman–Crippen MR) is 64.4 cm³/mol. The maximum atomic E-state index is 12.1. The third-order valence-corrected chi connectivity index (χ3v) is 2.21. The Balaban J connectivity index is 2.62. The maximum Gasteiger partial charge on any atom is 0.272 e. The number of hydrogen-bond acceptors (Lipinski definition) is 4. The Hall–Kier alpha value is -1.76. The van der Waals surface area contributed by atoms with E-state index in [0.29, 0.717) is 6.42 Å². The zero-order valence-corrected chi connectivity index (χ0v) is 10.5. The largest absolute Gasteiger partial charge is 0.471 e. The molecule has 7 heteroatoms. The van der Waals surface area contributed by atoms with Crippen LogP contribution in [0.1, 0.15) is 23.7 Å². The van der Waals surface area contributed by atoms with E-state index in [0.717, 1.165) is 0 Å². The van der Waals surface area contributed by atoms with Gasteiger partial charge in [-0.1, -0.05) is 0 Å². The van der Waals surface area contributed by atoms with Crippen LogP contribution in [0, 0.1) is 0 Å². The van der Waals surface area contributed by atoms with Crippen molar-refractivity contribution in [3.63, 3.8) is 0 Å². The van der Waals surface area contributed by atoms with Crippen molar-refractivity contribution < 1.29 is 23.4 Å². The molecular formula is C12H16F2N2O3. The summed E-state index contributed by atoms with van der Waals surface area (Å²) in [6.07, 6.45) is -1.40. The van der Waals surface area contributed by atoms with Crippen molar-refractivity contribution >= 4 is 5.91 Å². The number of ether oxygens (including phenoxy) is 1.